The second kappa shape index (κ2) is 31.3. The third-order valence-electron chi connectivity index (χ3n) is 20.0. The van der Waals surface area contributed by atoms with Crippen molar-refractivity contribution in [2.45, 2.75) is 26.4 Å². The summed E-state index contributed by atoms with van der Waals surface area (Å²) < 4.78 is 27.7. The van der Waals surface area contributed by atoms with E-state index in [2.05, 4.69) is 20.3 Å². The first-order valence-electron chi connectivity index (χ1n) is 36.6. The SMILES string of the molecule is [C-]#[N+]c1cccc(-c2ccc(-n3c4ccc(C(=O)OCc5ccccc5)cc4c4cc(C(=O)OCc5ccccc5)ccc43)cc2-c2nc(-c3cccc(-c4ccccc4[N+]#[C-])c3)nc(-c3cc(-n4c5ccc(C(=O)OCc6ccccc6)cc5c5cc(C(=O)OCc6ccccc6)ccc54)ccc3-c3cccc(C#N)c3)n2)c1. The van der Waals surface area contributed by atoms with E-state index in [9.17, 15) is 24.4 Å². The molecule has 14 aromatic carbocycles. The van der Waals surface area contributed by atoms with Crippen molar-refractivity contribution in [3.63, 3.8) is 0 Å². The van der Waals surface area contributed by atoms with E-state index in [-0.39, 0.29) is 66.2 Å². The minimum atomic E-state index is -0.545. The van der Waals surface area contributed by atoms with E-state index in [4.69, 9.17) is 47.0 Å². The maximum absolute atomic E-state index is 14.2. The Morgan fingerprint density at radius 1 is 0.316 bits per heavy atom. The summed E-state index contributed by atoms with van der Waals surface area (Å²) in [5.41, 5.74) is 15.2. The monoisotopic (exact) mass is 1480 g/mol. The van der Waals surface area contributed by atoms with Crippen LogP contribution in [0.3, 0.4) is 0 Å². The highest BCUT2D eigenvalue weighted by molar-refractivity contribution is 6.15. The fourth-order valence-corrected chi connectivity index (χ4v) is 14.4. The number of hydrogen-bond donors (Lipinski definition) is 0. The molecule has 16 heteroatoms. The van der Waals surface area contributed by atoms with Crippen molar-refractivity contribution in [2.24, 2.45) is 0 Å². The summed E-state index contributed by atoms with van der Waals surface area (Å²) in [5, 5.41) is 13.1. The molecule has 0 N–H and O–H groups in total. The molecule has 542 valence electrons. The third-order valence-corrected chi connectivity index (χ3v) is 20.0. The van der Waals surface area contributed by atoms with Crippen LogP contribution in [0.25, 0.3) is 132 Å². The van der Waals surface area contributed by atoms with Gasteiger partial charge in [0.1, 0.15) is 26.4 Å². The van der Waals surface area contributed by atoms with Gasteiger partial charge < -0.3 is 28.1 Å². The van der Waals surface area contributed by atoms with E-state index < -0.39 is 23.9 Å². The second-order valence-corrected chi connectivity index (χ2v) is 27.2. The van der Waals surface area contributed by atoms with Gasteiger partial charge in [0.25, 0.3) is 0 Å². The lowest BCUT2D eigenvalue weighted by molar-refractivity contribution is 0.0464. The van der Waals surface area contributed by atoms with Crippen molar-refractivity contribution >= 4 is 78.9 Å². The molecule has 0 atom stereocenters. The number of benzene rings is 14. The molecule has 0 spiro atoms. The topological polar surface area (TPSA) is 186 Å². The zero-order chi connectivity index (χ0) is 77.6. The molecule has 0 aliphatic rings. The third kappa shape index (κ3) is 14.4. The van der Waals surface area contributed by atoms with Gasteiger partial charge in [-0.2, -0.15) is 5.26 Å². The molecular formula is C98H62N8O8. The molecule has 0 bridgehead atoms. The number of para-hydroxylation sites is 1. The average Bonchev–Trinajstić information content (AvgIpc) is 1.57. The van der Waals surface area contributed by atoms with E-state index in [1.54, 1.807) is 66.7 Å². The van der Waals surface area contributed by atoms with Crippen LogP contribution in [-0.2, 0) is 45.4 Å². The van der Waals surface area contributed by atoms with Crippen molar-refractivity contribution in [1.29, 1.82) is 5.26 Å². The van der Waals surface area contributed by atoms with Crippen LogP contribution in [-0.4, -0.2) is 48.0 Å². The second-order valence-electron chi connectivity index (χ2n) is 27.2. The van der Waals surface area contributed by atoms with Gasteiger partial charge in [0.05, 0.1) is 69.1 Å². The minimum Gasteiger partial charge on any atom is -0.457 e. The minimum absolute atomic E-state index is 0.0461. The normalized spacial score (nSPS) is 11.1. The number of aromatic nitrogens is 5. The van der Waals surface area contributed by atoms with Gasteiger partial charge in [-0.25, -0.2) is 43.8 Å². The predicted octanol–water partition coefficient (Wildman–Crippen LogP) is 22.5. The number of hydrogen-bond acceptors (Lipinski definition) is 12. The summed E-state index contributed by atoms with van der Waals surface area (Å²) in [6.07, 6.45) is 0. The van der Waals surface area contributed by atoms with Gasteiger partial charge in [0.15, 0.2) is 28.8 Å². The lowest BCUT2D eigenvalue weighted by Gasteiger charge is -2.18. The summed E-state index contributed by atoms with van der Waals surface area (Å²) in [6, 6.07) is 103. The molecule has 3 aromatic heterocycles. The molecule has 0 fully saturated rings. The van der Waals surface area contributed by atoms with Gasteiger partial charge in [-0.15, -0.1) is 0 Å². The number of carbonyl (C=O) groups is 4. The number of nitriles is 1. The Bertz CT molecular complexity index is 6240. The summed E-state index contributed by atoms with van der Waals surface area (Å²) in [5.74, 6) is -1.52. The lowest BCUT2D eigenvalue weighted by atomic mass is 9.96. The number of ether oxygens (including phenoxy) is 4. The molecule has 0 aliphatic carbocycles. The number of rotatable bonds is 20. The van der Waals surface area contributed by atoms with E-state index in [1.807, 2.05) is 265 Å². The maximum Gasteiger partial charge on any atom is 0.338 e. The highest BCUT2D eigenvalue weighted by Gasteiger charge is 2.26. The van der Waals surface area contributed by atoms with E-state index in [0.29, 0.717) is 116 Å². The van der Waals surface area contributed by atoms with Crippen LogP contribution >= 0.6 is 0 Å². The molecule has 0 saturated carbocycles. The summed E-state index contributed by atoms with van der Waals surface area (Å²) in [6.45, 7) is 16.6. The number of nitrogens with zero attached hydrogens (tertiary/aromatic N) is 8. The van der Waals surface area contributed by atoms with Gasteiger partial charge in [-0.1, -0.05) is 206 Å². The standard InChI is InChI=1S/C98H62N8O8/c1-100-75-33-19-31-69(50-75)79-43-41-77(106-90-46-38-73(97(109)113-60-64-24-11-5-12-25-64)53-83(90)84-54-74(39-47-91(84)106)98(110)114-61-65-26-13-6-14-27-65)56-86(79)94-103-92(70-32-18-30-68(49-70)80-34-15-16-35-87(80)101-2)102-93(104-94)85-55-76(40-42-78(85)67-29-17-28-66(48-67)57-99)105-88-44-36-71(95(107)111-58-62-20-7-3-8-21-62)51-81(88)82-52-72(37-45-89(82)105)96(108)112-59-63-22-9-4-10-23-63/h3-56H,58-61H2. The van der Waals surface area contributed by atoms with Crippen LogP contribution < -0.4 is 0 Å². The zero-order valence-electron chi connectivity index (χ0n) is 60.8. The molecule has 0 amide bonds. The van der Waals surface area contributed by atoms with Crippen molar-refractivity contribution in [3.8, 4) is 85.0 Å². The number of carbonyl (C=O) groups excluding carboxylic acids is 4. The molecule has 17 aromatic rings. The van der Waals surface area contributed by atoms with Crippen LogP contribution in [0.15, 0.2) is 328 Å². The summed E-state index contributed by atoms with van der Waals surface area (Å²) in [4.78, 5) is 81.0. The Labute approximate surface area is 654 Å². The quantitative estimate of drug-likeness (QED) is 0.0400. The molecule has 0 radical (unpaired) electrons. The first-order valence-corrected chi connectivity index (χ1v) is 36.6. The first kappa shape index (κ1) is 71.0. The van der Waals surface area contributed by atoms with E-state index in [0.717, 1.165) is 27.8 Å². The van der Waals surface area contributed by atoms with Crippen LogP contribution in [0, 0.1) is 24.5 Å². The number of fused-ring (bicyclic) bond motifs is 6. The molecule has 0 aliphatic heterocycles. The Balaban J connectivity index is 0.884. The highest BCUT2D eigenvalue weighted by Crippen LogP contribution is 2.44. The van der Waals surface area contributed by atoms with Gasteiger partial charge in [0, 0.05) is 49.6 Å². The summed E-state index contributed by atoms with van der Waals surface area (Å²) in [7, 11) is 0. The van der Waals surface area contributed by atoms with Gasteiger partial charge in [-0.05, 0) is 177 Å². The summed E-state index contributed by atoms with van der Waals surface area (Å²) >= 11 is 0. The largest absolute Gasteiger partial charge is 0.457 e. The van der Waals surface area contributed by atoms with Crippen molar-refractivity contribution in [2.75, 3.05) is 0 Å². The molecule has 17 rings (SSSR count). The van der Waals surface area contributed by atoms with Crippen molar-refractivity contribution < 1.29 is 38.1 Å². The smallest absolute Gasteiger partial charge is 0.338 e. The molecule has 3 heterocycles. The van der Waals surface area contributed by atoms with Crippen molar-refractivity contribution in [3.05, 3.63) is 400 Å². The molecule has 16 nitrogen and oxygen atoms in total. The van der Waals surface area contributed by atoms with Gasteiger partial charge in [0.2, 0.25) is 0 Å². The van der Waals surface area contributed by atoms with E-state index >= 15 is 0 Å². The van der Waals surface area contributed by atoms with Crippen LogP contribution in [0.4, 0.5) is 11.4 Å². The Morgan fingerprint density at radius 2 is 0.675 bits per heavy atom. The average molecular weight is 1480 g/mol. The fourth-order valence-electron chi connectivity index (χ4n) is 14.4. The Kier molecular flexibility index (Phi) is 19.5. The van der Waals surface area contributed by atoms with Crippen LogP contribution in [0.5, 0.6) is 0 Å². The first-order chi connectivity index (χ1) is 56.0. The molecular weight excluding hydrogens is 1420 g/mol. The Hall–Kier alpha value is -16.0. The van der Waals surface area contributed by atoms with Crippen LogP contribution in [0.2, 0.25) is 0 Å². The molecule has 114 heavy (non-hydrogen) atoms. The van der Waals surface area contributed by atoms with Crippen molar-refractivity contribution in [1.82, 2.24) is 24.1 Å². The van der Waals surface area contributed by atoms with Gasteiger partial charge >= 0.3 is 23.9 Å². The predicted molar refractivity (Wildman–Crippen MR) is 441 cm³/mol. The fraction of sp³-hybridized carbons (Fsp3) is 0.0408. The maximum atomic E-state index is 14.2. The lowest BCUT2D eigenvalue weighted by Crippen LogP contribution is -2.05. The highest BCUT2D eigenvalue weighted by atomic mass is 16.5. The number of esters is 4. The van der Waals surface area contributed by atoms with Crippen LogP contribution in [0.1, 0.15) is 69.2 Å². The van der Waals surface area contributed by atoms with Gasteiger partial charge in [-0.3, -0.25) is 0 Å². The molecule has 0 unspecified atom stereocenters. The zero-order valence-corrected chi connectivity index (χ0v) is 60.8. The Morgan fingerprint density at radius 3 is 1.08 bits per heavy atom. The van der Waals surface area contributed by atoms with E-state index in [1.165, 1.54) is 0 Å². The molecule has 0 saturated heterocycles.